The van der Waals surface area contributed by atoms with Crippen molar-refractivity contribution in [1.29, 1.82) is 0 Å². The van der Waals surface area contributed by atoms with Gasteiger partial charge in [0.25, 0.3) is 5.91 Å². The second kappa shape index (κ2) is 8.65. The molecule has 156 valence electrons. The van der Waals surface area contributed by atoms with Crippen molar-refractivity contribution in [2.24, 2.45) is 0 Å². The second-order valence-electron chi connectivity index (χ2n) is 7.45. The molecule has 30 heavy (non-hydrogen) atoms. The summed E-state index contributed by atoms with van der Waals surface area (Å²) in [5, 5.41) is 4.11. The van der Waals surface area contributed by atoms with Gasteiger partial charge in [0, 0.05) is 36.2 Å². The molecule has 1 aliphatic rings. The van der Waals surface area contributed by atoms with Gasteiger partial charge in [0.2, 0.25) is 11.7 Å². The van der Waals surface area contributed by atoms with E-state index in [1.165, 1.54) is 17.7 Å². The van der Waals surface area contributed by atoms with Gasteiger partial charge >= 0.3 is 0 Å². The van der Waals surface area contributed by atoms with E-state index in [1.807, 2.05) is 38.1 Å². The predicted octanol–water partition coefficient (Wildman–Crippen LogP) is 4.47. The van der Waals surface area contributed by atoms with Crippen LogP contribution in [0.2, 0.25) is 0 Å². The molecule has 1 saturated heterocycles. The van der Waals surface area contributed by atoms with Crippen molar-refractivity contribution in [1.82, 2.24) is 19.9 Å². The molecule has 1 amide bonds. The highest BCUT2D eigenvalue weighted by molar-refractivity contribution is 9.10. The number of benzene rings is 2. The molecule has 0 spiro atoms. The molecule has 2 heterocycles. The zero-order chi connectivity index (χ0) is 21.3. The first-order valence-electron chi connectivity index (χ1n) is 9.81. The number of amides is 1. The van der Waals surface area contributed by atoms with Gasteiger partial charge in [-0.3, -0.25) is 9.69 Å². The van der Waals surface area contributed by atoms with Crippen molar-refractivity contribution in [2.45, 2.75) is 19.9 Å². The standard InChI is InChI=1S/C22H22BrFN4O2/c1-14-3-5-16(6-4-14)20-25-21(30-26-20)15(2)27-9-11-28(12-10-27)22(29)18-13-17(23)7-8-19(18)24/h3-8,13,15H,9-12H2,1-2H3. The van der Waals surface area contributed by atoms with Crippen LogP contribution in [0, 0.1) is 12.7 Å². The van der Waals surface area contributed by atoms with E-state index in [9.17, 15) is 9.18 Å². The van der Waals surface area contributed by atoms with Crippen molar-refractivity contribution in [3.05, 3.63) is 69.8 Å². The number of carbonyl (C=O) groups is 1. The Kier molecular flexibility index (Phi) is 5.97. The third-order valence-corrected chi connectivity index (χ3v) is 5.91. The van der Waals surface area contributed by atoms with Crippen molar-refractivity contribution in [3.8, 4) is 11.4 Å². The van der Waals surface area contributed by atoms with E-state index in [2.05, 4.69) is 31.0 Å². The van der Waals surface area contributed by atoms with Crippen LogP contribution >= 0.6 is 15.9 Å². The van der Waals surface area contributed by atoms with Crippen LogP contribution in [0.3, 0.4) is 0 Å². The number of hydrogen-bond acceptors (Lipinski definition) is 5. The molecule has 1 unspecified atom stereocenters. The summed E-state index contributed by atoms with van der Waals surface area (Å²) in [6.07, 6.45) is 0. The van der Waals surface area contributed by atoms with Crippen LogP contribution in [0.15, 0.2) is 51.5 Å². The summed E-state index contributed by atoms with van der Waals surface area (Å²) in [4.78, 5) is 21.1. The fourth-order valence-electron chi connectivity index (χ4n) is 3.53. The zero-order valence-corrected chi connectivity index (χ0v) is 18.4. The molecular formula is C22H22BrFN4O2. The lowest BCUT2D eigenvalue weighted by Gasteiger charge is -2.36. The van der Waals surface area contributed by atoms with Crippen molar-refractivity contribution in [2.75, 3.05) is 26.2 Å². The first kappa shape index (κ1) is 20.7. The van der Waals surface area contributed by atoms with Gasteiger partial charge < -0.3 is 9.42 Å². The Bertz CT molecular complexity index is 1050. The number of aryl methyl sites for hydroxylation is 1. The second-order valence-corrected chi connectivity index (χ2v) is 8.37. The van der Waals surface area contributed by atoms with E-state index < -0.39 is 5.82 Å². The quantitative estimate of drug-likeness (QED) is 0.560. The fourth-order valence-corrected chi connectivity index (χ4v) is 3.89. The Morgan fingerprint density at radius 2 is 1.83 bits per heavy atom. The van der Waals surface area contributed by atoms with Crippen LogP contribution in [-0.2, 0) is 0 Å². The van der Waals surface area contributed by atoms with Crippen LogP contribution in [0.5, 0.6) is 0 Å². The Balaban J connectivity index is 1.40. The summed E-state index contributed by atoms with van der Waals surface area (Å²) < 4.78 is 20.2. The van der Waals surface area contributed by atoms with E-state index in [4.69, 9.17) is 4.52 Å². The van der Waals surface area contributed by atoms with Crippen LogP contribution in [0.25, 0.3) is 11.4 Å². The number of halogens is 2. The van der Waals surface area contributed by atoms with Gasteiger partial charge in [0.1, 0.15) is 5.82 Å². The largest absolute Gasteiger partial charge is 0.337 e. The lowest BCUT2D eigenvalue weighted by Crippen LogP contribution is -2.49. The van der Waals surface area contributed by atoms with E-state index in [-0.39, 0.29) is 17.5 Å². The van der Waals surface area contributed by atoms with E-state index in [1.54, 1.807) is 11.0 Å². The smallest absolute Gasteiger partial charge is 0.256 e. The summed E-state index contributed by atoms with van der Waals surface area (Å²) in [6.45, 7) is 6.35. The number of hydrogen-bond donors (Lipinski definition) is 0. The monoisotopic (exact) mass is 472 g/mol. The molecule has 4 rings (SSSR count). The Hall–Kier alpha value is -2.58. The molecule has 1 aliphatic heterocycles. The third-order valence-electron chi connectivity index (χ3n) is 5.42. The number of piperazine rings is 1. The van der Waals surface area contributed by atoms with Crippen LogP contribution in [0.1, 0.15) is 34.8 Å². The maximum atomic E-state index is 14.1. The molecule has 2 aromatic carbocycles. The van der Waals surface area contributed by atoms with Gasteiger partial charge in [-0.25, -0.2) is 4.39 Å². The zero-order valence-electron chi connectivity index (χ0n) is 16.8. The van der Waals surface area contributed by atoms with Gasteiger partial charge in [0.15, 0.2) is 0 Å². The van der Waals surface area contributed by atoms with Crippen molar-refractivity contribution in [3.63, 3.8) is 0 Å². The fraction of sp³-hybridized carbons (Fsp3) is 0.318. The Morgan fingerprint density at radius 1 is 1.13 bits per heavy atom. The number of carbonyl (C=O) groups excluding carboxylic acids is 1. The molecule has 1 atom stereocenters. The molecule has 3 aromatic rings. The maximum Gasteiger partial charge on any atom is 0.256 e. The molecular weight excluding hydrogens is 451 g/mol. The van der Waals surface area contributed by atoms with Gasteiger partial charge in [-0.15, -0.1) is 0 Å². The average Bonchev–Trinajstić information content (AvgIpc) is 3.25. The SMILES string of the molecule is Cc1ccc(-c2noc(C(C)N3CCN(C(=O)c4cc(Br)ccc4F)CC3)n2)cc1. The third kappa shape index (κ3) is 4.29. The summed E-state index contributed by atoms with van der Waals surface area (Å²) in [5.74, 6) is 0.313. The van der Waals surface area contributed by atoms with Crippen LogP contribution in [0.4, 0.5) is 4.39 Å². The molecule has 0 saturated carbocycles. The minimum Gasteiger partial charge on any atom is -0.337 e. The van der Waals surface area contributed by atoms with Gasteiger partial charge in [-0.1, -0.05) is 50.9 Å². The topological polar surface area (TPSA) is 62.5 Å². The summed E-state index contributed by atoms with van der Waals surface area (Å²) >= 11 is 3.30. The van der Waals surface area contributed by atoms with E-state index in [0.29, 0.717) is 42.4 Å². The first-order valence-corrected chi connectivity index (χ1v) is 10.6. The highest BCUT2D eigenvalue weighted by atomic mass is 79.9. The lowest BCUT2D eigenvalue weighted by atomic mass is 10.1. The minimum atomic E-state index is -0.506. The van der Waals surface area contributed by atoms with Crippen LogP contribution < -0.4 is 0 Å². The molecule has 0 bridgehead atoms. The lowest BCUT2D eigenvalue weighted by molar-refractivity contribution is 0.0547. The van der Waals surface area contributed by atoms with Crippen molar-refractivity contribution < 1.29 is 13.7 Å². The Morgan fingerprint density at radius 3 is 2.53 bits per heavy atom. The molecule has 8 heteroatoms. The number of aromatic nitrogens is 2. The normalized spacial score (nSPS) is 15.9. The summed E-state index contributed by atoms with van der Waals surface area (Å²) in [5.41, 5.74) is 2.17. The number of nitrogens with zero attached hydrogens (tertiary/aromatic N) is 4. The maximum absolute atomic E-state index is 14.1. The van der Waals surface area contributed by atoms with Gasteiger partial charge in [0.05, 0.1) is 11.6 Å². The molecule has 6 nitrogen and oxygen atoms in total. The predicted molar refractivity (Wildman–Crippen MR) is 114 cm³/mol. The van der Waals surface area contributed by atoms with Gasteiger partial charge in [-0.05, 0) is 32.0 Å². The molecule has 0 N–H and O–H groups in total. The average molecular weight is 473 g/mol. The van der Waals surface area contributed by atoms with Crippen molar-refractivity contribution >= 4 is 21.8 Å². The van der Waals surface area contributed by atoms with Crippen LogP contribution in [-0.4, -0.2) is 52.0 Å². The summed E-state index contributed by atoms with van der Waals surface area (Å²) in [7, 11) is 0. The summed E-state index contributed by atoms with van der Waals surface area (Å²) in [6, 6.07) is 12.3. The highest BCUT2D eigenvalue weighted by Crippen LogP contribution is 2.25. The van der Waals surface area contributed by atoms with Gasteiger partial charge in [-0.2, -0.15) is 4.98 Å². The molecule has 1 aromatic heterocycles. The highest BCUT2D eigenvalue weighted by Gasteiger charge is 2.29. The molecule has 1 fully saturated rings. The molecule has 0 radical (unpaired) electrons. The van der Waals surface area contributed by atoms with E-state index >= 15 is 0 Å². The Labute approximate surface area is 182 Å². The minimum absolute atomic E-state index is 0.0726. The molecule has 0 aliphatic carbocycles. The van der Waals surface area contributed by atoms with E-state index in [0.717, 1.165) is 5.56 Å². The first-order chi connectivity index (χ1) is 14.4. The number of rotatable bonds is 4.